The number of carboxylic acid groups (broad SMARTS) is 1. The summed E-state index contributed by atoms with van der Waals surface area (Å²) in [4.78, 5) is 38.7. The fourth-order valence-corrected chi connectivity index (χ4v) is 2.95. The number of rotatable bonds is 3. The topological polar surface area (TPSA) is 77.9 Å². The van der Waals surface area contributed by atoms with Crippen molar-refractivity contribution in [2.24, 2.45) is 5.92 Å². The summed E-state index contributed by atoms with van der Waals surface area (Å²) in [6, 6.07) is 6.75. The molecule has 1 aromatic carbocycles. The van der Waals surface area contributed by atoms with Crippen LogP contribution in [0.1, 0.15) is 33.6 Å². The van der Waals surface area contributed by atoms with Crippen LogP contribution in [-0.4, -0.2) is 52.4 Å². The predicted octanol–water partition coefficient (Wildman–Crippen LogP) is 1.04. The minimum absolute atomic E-state index is 0.163. The summed E-state index contributed by atoms with van der Waals surface area (Å²) in [5.41, 5.74) is 0.851. The van der Waals surface area contributed by atoms with Crippen LogP contribution in [0, 0.1) is 5.92 Å². The number of benzene rings is 1. The maximum absolute atomic E-state index is 12.3. The van der Waals surface area contributed by atoms with Crippen molar-refractivity contribution in [3.63, 3.8) is 0 Å². The second-order valence-electron chi connectivity index (χ2n) is 5.48. The number of hydrogen-bond donors (Lipinski definition) is 1. The van der Waals surface area contributed by atoms with Crippen molar-refractivity contribution < 1.29 is 19.5 Å². The Labute approximate surface area is 122 Å². The molecule has 1 aromatic rings. The van der Waals surface area contributed by atoms with Crippen LogP contribution in [0.5, 0.6) is 0 Å². The Morgan fingerprint density at radius 1 is 1.19 bits per heavy atom. The molecule has 0 aliphatic carbocycles. The Hall–Kier alpha value is -2.21. The monoisotopic (exact) mass is 288 g/mol. The quantitative estimate of drug-likeness (QED) is 0.841. The van der Waals surface area contributed by atoms with Gasteiger partial charge in [0.05, 0.1) is 23.7 Å². The normalized spacial score (nSPS) is 22.5. The summed E-state index contributed by atoms with van der Waals surface area (Å²) in [6.07, 6.45) is 1.41. The lowest BCUT2D eigenvalue weighted by molar-refractivity contribution is -0.143. The molecular weight excluding hydrogens is 272 g/mol. The Balaban J connectivity index is 1.73. The number of carbonyl (C=O) groups excluding carboxylic acids is 2. The van der Waals surface area contributed by atoms with Gasteiger partial charge in [-0.05, 0) is 31.5 Å². The molecule has 1 unspecified atom stereocenters. The van der Waals surface area contributed by atoms with Crippen LogP contribution >= 0.6 is 0 Å². The van der Waals surface area contributed by atoms with Gasteiger partial charge >= 0.3 is 5.97 Å². The molecule has 1 N–H and O–H groups in total. The lowest BCUT2D eigenvalue weighted by Gasteiger charge is -2.32. The van der Waals surface area contributed by atoms with E-state index in [4.69, 9.17) is 5.11 Å². The minimum Gasteiger partial charge on any atom is -0.481 e. The molecule has 1 fully saturated rings. The van der Waals surface area contributed by atoms with Gasteiger partial charge in [0, 0.05) is 6.54 Å². The summed E-state index contributed by atoms with van der Waals surface area (Å²) in [6.45, 7) is 1.25. The molecule has 21 heavy (non-hydrogen) atoms. The Morgan fingerprint density at radius 3 is 2.38 bits per heavy atom. The fraction of sp³-hybridized carbons (Fsp3) is 0.400. The van der Waals surface area contributed by atoms with Crippen LogP contribution in [-0.2, 0) is 4.79 Å². The van der Waals surface area contributed by atoms with E-state index in [1.54, 1.807) is 24.3 Å². The molecule has 3 rings (SSSR count). The molecule has 110 valence electrons. The van der Waals surface area contributed by atoms with Gasteiger partial charge in [-0.2, -0.15) is 0 Å². The summed E-state index contributed by atoms with van der Waals surface area (Å²) >= 11 is 0. The van der Waals surface area contributed by atoms with Crippen molar-refractivity contribution in [1.82, 2.24) is 9.80 Å². The fourth-order valence-electron chi connectivity index (χ4n) is 2.95. The van der Waals surface area contributed by atoms with Gasteiger partial charge in [0.1, 0.15) is 0 Å². The standard InChI is InChI=1S/C15H16N2O4/c18-13-11-5-1-2-6-12(11)14(19)17(13)9-16-7-3-4-10(8-16)15(20)21/h1-2,5-6,10H,3-4,7-9H2,(H,20,21). The molecule has 2 aliphatic rings. The summed E-state index contributed by atoms with van der Waals surface area (Å²) < 4.78 is 0. The molecule has 0 spiro atoms. The molecule has 1 atom stereocenters. The lowest BCUT2D eigenvalue weighted by atomic mass is 9.99. The zero-order valence-electron chi connectivity index (χ0n) is 11.5. The van der Waals surface area contributed by atoms with E-state index in [1.807, 2.05) is 4.90 Å². The number of hydrogen-bond acceptors (Lipinski definition) is 4. The number of carbonyl (C=O) groups is 3. The van der Waals surface area contributed by atoms with Crippen LogP contribution in [0.3, 0.4) is 0 Å². The summed E-state index contributed by atoms with van der Waals surface area (Å²) in [5, 5.41) is 9.09. The van der Waals surface area contributed by atoms with E-state index in [0.717, 1.165) is 6.42 Å². The maximum atomic E-state index is 12.3. The summed E-state index contributed by atoms with van der Waals surface area (Å²) in [5.74, 6) is -1.84. The number of likely N-dealkylation sites (tertiary alicyclic amines) is 1. The number of carboxylic acids is 1. The first-order chi connectivity index (χ1) is 10.1. The first-order valence-electron chi connectivity index (χ1n) is 6.98. The molecule has 0 radical (unpaired) electrons. The van der Waals surface area contributed by atoms with Crippen molar-refractivity contribution in [1.29, 1.82) is 0 Å². The molecule has 6 nitrogen and oxygen atoms in total. The molecule has 6 heteroatoms. The van der Waals surface area contributed by atoms with Crippen molar-refractivity contribution in [3.05, 3.63) is 35.4 Å². The van der Waals surface area contributed by atoms with E-state index < -0.39 is 11.9 Å². The molecule has 1 saturated heterocycles. The Bertz CT molecular complexity index is 578. The second-order valence-corrected chi connectivity index (χ2v) is 5.48. The number of fused-ring (bicyclic) bond motifs is 1. The number of piperidine rings is 1. The van der Waals surface area contributed by atoms with Crippen molar-refractivity contribution in [2.75, 3.05) is 19.8 Å². The molecular formula is C15H16N2O4. The highest BCUT2D eigenvalue weighted by molar-refractivity contribution is 6.21. The highest BCUT2D eigenvalue weighted by atomic mass is 16.4. The number of amides is 2. The van der Waals surface area contributed by atoms with E-state index in [0.29, 0.717) is 30.6 Å². The average molecular weight is 288 g/mol. The van der Waals surface area contributed by atoms with Crippen molar-refractivity contribution >= 4 is 17.8 Å². The number of aliphatic carboxylic acids is 1. The van der Waals surface area contributed by atoms with Gasteiger partial charge in [-0.25, -0.2) is 0 Å². The van der Waals surface area contributed by atoms with Gasteiger partial charge in [0.2, 0.25) is 0 Å². The third-order valence-corrected chi connectivity index (χ3v) is 4.07. The average Bonchev–Trinajstić information content (AvgIpc) is 2.73. The van der Waals surface area contributed by atoms with Gasteiger partial charge in [-0.3, -0.25) is 24.2 Å². The first-order valence-corrected chi connectivity index (χ1v) is 6.98. The Kier molecular flexibility index (Phi) is 3.47. The van der Waals surface area contributed by atoms with Crippen LogP contribution < -0.4 is 0 Å². The number of nitrogens with zero attached hydrogens (tertiary/aromatic N) is 2. The largest absolute Gasteiger partial charge is 0.481 e. The minimum atomic E-state index is -0.818. The van der Waals surface area contributed by atoms with Crippen LogP contribution in [0.15, 0.2) is 24.3 Å². The Morgan fingerprint density at radius 2 is 1.81 bits per heavy atom. The van der Waals surface area contributed by atoms with E-state index >= 15 is 0 Å². The van der Waals surface area contributed by atoms with E-state index in [-0.39, 0.29) is 18.5 Å². The second kappa shape index (κ2) is 5.29. The maximum Gasteiger partial charge on any atom is 0.307 e. The van der Waals surface area contributed by atoms with Gasteiger partial charge in [0.15, 0.2) is 0 Å². The van der Waals surface area contributed by atoms with Crippen LogP contribution in [0.4, 0.5) is 0 Å². The SMILES string of the molecule is O=C(O)C1CCCN(CN2C(=O)c3ccccc3C2=O)C1. The lowest BCUT2D eigenvalue weighted by Crippen LogP contribution is -2.46. The van der Waals surface area contributed by atoms with E-state index in [2.05, 4.69) is 0 Å². The number of imide groups is 1. The molecule has 2 amide bonds. The zero-order chi connectivity index (χ0) is 15.0. The molecule has 0 saturated carbocycles. The van der Waals surface area contributed by atoms with Crippen molar-refractivity contribution in [3.8, 4) is 0 Å². The van der Waals surface area contributed by atoms with Crippen molar-refractivity contribution in [2.45, 2.75) is 12.8 Å². The van der Waals surface area contributed by atoms with Crippen LogP contribution in [0.2, 0.25) is 0 Å². The van der Waals surface area contributed by atoms with Gasteiger partial charge < -0.3 is 5.11 Å². The van der Waals surface area contributed by atoms with Gasteiger partial charge in [-0.1, -0.05) is 12.1 Å². The molecule has 2 heterocycles. The highest BCUT2D eigenvalue weighted by Gasteiger charge is 2.37. The molecule has 0 bridgehead atoms. The first kappa shape index (κ1) is 13.8. The molecule has 0 aromatic heterocycles. The van der Waals surface area contributed by atoms with Crippen LogP contribution in [0.25, 0.3) is 0 Å². The van der Waals surface area contributed by atoms with E-state index in [9.17, 15) is 14.4 Å². The third kappa shape index (κ3) is 2.42. The predicted molar refractivity (Wildman–Crippen MR) is 73.7 cm³/mol. The van der Waals surface area contributed by atoms with E-state index in [1.165, 1.54) is 4.90 Å². The van der Waals surface area contributed by atoms with Gasteiger partial charge in [0.25, 0.3) is 11.8 Å². The highest BCUT2D eigenvalue weighted by Crippen LogP contribution is 2.24. The third-order valence-electron chi connectivity index (χ3n) is 4.07. The summed E-state index contributed by atoms with van der Waals surface area (Å²) in [7, 11) is 0. The smallest absolute Gasteiger partial charge is 0.307 e. The van der Waals surface area contributed by atoms with Gasteiger partial charge in [-0.15, -0.1) is 0 Å². The zero-order valence-corrected chi connectivity index (χ0v) is 11.5. The molecule has 2 aliphatic heterocycles.